The molecule has 2 aromatic rings. The minimum absolute atomic E-state index is 0.0322. The van der Waals surface area contributed by atoms with E-state index in [9.17, 15) is 9.90 Å². The number of ether oxygens (including phenoxy) is 1. The maximum atomic E-state index is 12.3. The van der Waals surface area contributed by atoms with Gasteiger partial charge in [0.05, 0.1) is 31.2 Å². The van der Waals surface area contributed by atoms with Crippen molar-refractivity contribution in [2.45, 2.75) is 72.6 Å². The molecule has 0 radical (unpaired) electrons. The molecule has 4 heteroatoms. The first kappa shape index (κ1) is 23.9. The number of hydrogen-bond donors (Lipinski definition) is 2. The number of aliphatic hydroxyl groups excluding tert-OH is 1. The molecule has 0 fully saturated rings. The fraction of sp³-hybridized carbons (Fsp3) is 0.500. The average molecular weight is 411 g/mol. The number of aliphatic hydroxyl groups is 1. The Morgan fingerprint density at radius 3 is 2.30 bits per heavy atom. The van der Waals surface area contributed by atoms with Gasteiger partial charge in [0.1, 0.15) is 5.75 Å². The molecule has 4 nitrogen and oxygen atoms in total. The number of carbonyl (C=O) groups is 1. The van der Waals surface area contributed by atoms with E-state index in [0.29, 0.717) is 17.8 Å². The first-order valence-corrected chi connectivity index (χ1v) is 10.9. The monoisotopic (exact) mass is 410 g/mol. The van der Waals surface area contributed by atoms with Crippen LogP contribution in [0, 0.1) is 18.1 Å². The van der Waals surface area contributed by atoms with E-state index in [1.54, 1.807) is 0 Å². The highest BCUT2D eigenvalue weighted by Crippen LogP contribution is 2.35. The van der Waals surface area contributed by atoms with Gasteiger partial charge in [0.15, 0.2) is 0 Å². The van der Waals surface area contributed by atoms with Gasteiger partial charge in [-0.2, -0.15) is 0 Å². The summed E-state index contributed by atoms with van der Waals surface area (Å²) in [5.74, 6) is 0.135. The van der Waals surface area contributed by atoms with Crippen molar-refractivity contribution in [3.63, 3.8) is 0 Å². The van der Waals surface area contributed by atoms with Crippen LogP contribution in [0.2, 0.25) is 0 Å². The standard InChI is InChI=1S/C26H35NO3/c1-18(2)26(29)30-25-13-12-21(17-28)16-24(25)23(22-10-8-7-9-11-22)14-15-27(19(3)4)20(5)6/h8,10-13,16,18-20,23,28H,14-15,17H2,1-6H3/p+1/t23-/m1/s1. The Hall–Kier alpha value is -2.35. The van der Waals surface area contributed by atoms with Crippen LogP contribution in [0.25, 0.3) is 0 Å². The normalized spacial score (nSPS) is 12.5. The highest BCUT2D eigenvalue weighted by molar-refractivity contribution is 5.75. The summed E-state index contributed by atoms with van der Waals surface area (Å²) in [7, 11) is 0. The molecule has 0 saturated carbocycles. The zero-order valence-corrected chi connectivity index (χ0v) is 19.2. The molecule has 0 unspecified atom stereocenters. The van der Waals surface area contributed by atoms with E-state index in [2.05, 4.69) is 39.8 Å². The number of nitrogens with one attached hydrogen (secondary N) is 1. The van der Waals surface area contributed by atoms with Crippen molar-refractivity contribution in [2.75, 3.05) is 6.54 Å². The molecule has 0 aliphatic heterocycles. The van der Waals surface area contributed by atoms with Crippen LogP contribution in [0.15, 0.2) is 36.4 Å². The molecule has 0 aliphatic carbocycles. The molecule has 0 spiro atoms. The van der Waals surface area contributed by atoms with Gasteiger partial charge in [-0.25, -0.2) is 0 Å². The molecule has 0 heterocycles. The van der Waals surface area contributed by atoms with Crippen LogP contribution in [0.1, 0.15) is 70.6 Å². The molecule has 0 saturated heterocycles. The van der Waals surface area contributed by atoms with Crippen molar-refractivity contribution < 1.29 is 19.5 Å². The predicted molar refractivity (Wildman–Crippen MR) is 120 cm³/mol. The Labute approximate surface area is 181 Å². The first-order valence-electron chi connectivity index (χ1n) is 10.9. The van der Waals surface area contributed by atoms with Gasteiger partial charge >= 0.3 is 5.97 Å². The highest BCUT2D eigenvalue weighted by atomic mass is 16.5. The lowest BCUT2D eigenvalue weighted by molar-refractivity contribution is -0.942. The summed E-state index contributed by atoms with van der Waals surface area (Å²) in [6.45, 7) is 13.6. The fourth-order valence-electron chi connectivity index (χ4n) is 3.92. The van der Waals surface area contributed by atoms with Gasteiger partial charge in [-0.3, -0.25) is 4.79 Å². The summed E-state index contributed by atoms with van der Waals surface area (Å²) in [6, 6.07) is 18.5. The van der Waals surface area contributed by atoms with Crippen molar-refractivity contribution in [1.29, 1.82) is 0 Å². The van der Waals surface area contributed by atoms with Crippen LogP contribution < -0.4 is 9.64 Å². The Morgan fingerprint density at radius 1 is 1.07 bits per heavy atom. The molecular formula is C26H36NO3+. The van der Waals surface area contributed by atoms with E-state index in [0.717, 1.165) is 29.7 Å². The minimum atomic E-state index is -0.253. The van der Waals surface area contributed by atoms with Gasteiger partial charge in [-0.05, 0) is 69.2 Å². The van der Waals surface area contributed by atoms with Crippen LogP contribution in [0.5, 0.6) is 5.75 Å². The summed E-state index contributed by atoms with van der Waals surface area (Å²) in [4.78, 5) is 13.9. The third-order valence-corrected chi connectivity index (χ3v) is 5.60. The largest absolute Gasteiger partial charge is 0.426 e. The molecule has 30 heavy (non-hydrogen) atoms. The third kappa shape index (κ3) is 6.32. The van der Waals surface area contributed by atoms with Crippen LogP contribution in [0.4, 0.5) is 0 Å². The van der Waals surface area contributed by atoms with Crippen molar-refractivity contribution in [1.82, 2.24) is 0 Å². The van der Waals surface area contributed by atoms with E-state index < -0.39 is 0 Å². The molecule has 0 amide bonds. The molecule has 162 valence electrons. The zero-order valence-electron chi connectivity index (χ0n) is 19.2. The number of hydrogen-bond acceptors (Lipinski definition) is 3. The van der Waals surface area contributed by atoms with Gasteiger partial charge in [-0.15, -0.1) is 0 Å². The summed E-state index contributed by atoms with van der Waals surface area (Å²) in [5, 5.41) is 9.72. The first-order chi connectivity index (χ1) is 14.2. The van der Waals surface area contributed by atoms with Crippen LogP contribution in [-0.2, 0) is 11.4 Å². The number of benzene rings is 1. The molecule has 0 aliphatic rings. The van der Waals surface area contributed by atoms with Gasteiger partial charge in [-0.1, -0.05) is 32.0 Å². The second-order valence-corrected chi connectivity index (χ2v) is 8.85. The van der Waals surface area contributed by atoms with E-state index in [1.807, 2.05) is 50.2 Å². The van der Waals surface area contributed by atoms with Crippen molar-refractivity contribution in [2.24, 2.45) is 5.92 Å². The van der Waals surface area contributed by atoms with Crippen molar-refractivity contribution in [3.05, 3.63) is 65.2 Å². The number of esters is 1. The van der Waals surface area contributed by atoms with E-state index >= 15 is 0 Å². The number of quaternary nitrogens is 1. The zero-order chi connectivity index (χ0) is 22.3. The number of rotatable bonds is 10. The molecular weight excluding hydrogens is 374 g/mol. The lowest BCUT2D eigenvalue weighted by Crippen LogP contribution is -3.17. The quantitative estimate of drug-likeness (QED) is 0.465. The highest BCUT2D eigenvalue weighted by Gasteiger charge is 2.25. The Morgan fingerprint density at radius 2 is 1.77 bits per heavy atom. The fourth-order valence-corrected chi connectivity index (χ4v) is 3.92. The van der Waals surface area contributed by atoms with Gasteiger partial charge < -0.3 is 14.7 Å². The minimum Gasteiger partial charge on any atom is -0.426 e. The Balaban J connectivity index is 2.48. The predicted octanol–water partition coefficient (Wildman–Crippen LogP) is 3.56. The van der Waals surface area contributed by atoms with Gasteiger partial charge in [0.25, 0.3) is 0 Å². The molecule has 2 rings (SSSR count). The maximum Gasteiger partial charge on any atom is 0.313 e. The van der Waals surface area contributed by atoms with E-state index in [4.69, 9.17) is 4.74 Å². The summed E-state index contributed by atoms with van der Waals surface area (Å²) >= 11 is 0. The SMILES string of the molecule is CC(C)C(=O)Oc1ccc(CO)cc1[C@H](CC[NH+](C(C)C)C(C)C)c1cc#ccc1. The summed E-state index contributed by atoms with van der Waals surface area (Å²) < 4.78 is 5.77. The van der Waals surface area contributed by atoms with Gasteiger partial charge in [0.2, 0.25) is 0 Å². The number of carbonyl (C=O) groups excluding carboxylic acids is 1. The van der Waals surface area contributed by atoms with Crippen molar-refractivity contribution >= 4 is 5.97 Å². The topological polar surface area (TPSA) is 51.0 Å². The third-order valence-electron chi connectivity index (χ3n) is 5.60. The van der Waals surface area contributed by atoms with Crippen LogP contribution in [0.3, 0.4) is 0 Å². The maximum absolute atomic E-state index is 12.3. The lowest BCUT2D eigenvalue weighted by atomic mass is 9.87. The smallest absolute Gasteiger partial charge is 0.313 e. The van der Waals surface area contributed by atoms with Crippen molar-refractivity contribution in [3.8, 4) is 5.75 Å². The Kier molecular flexibility index (Phi) is 8.89. The molecule has 2 N–H and O–H groups in total. The van der Waals surface area contributed by atoms with Crippen LogP contribution in [-0.4, -0.2) is 29.7 Å². The van der Waals surface area contributed by atoms with E-state index in [1.165, 1.54) is 4.90 Å². The molecule has 0 bridgehead atoms. The summed E-state index contributed by atoms with van der Waals surface area (Å²) in [6.07, 6.45) is 0.894. The average Bonchev–Trinajstić information content (AvgIpc) is 2.71. The van der Waals surface area contributed by atoms with E-state index in [-0.39, 0.29) is 24.4 Å². The second-order valence-electron chi connectivity index (χ2n) is 8.85. The summed E-state index contributed by atoms with van der Waals surface area (Å²) in [5.41, 5.74) is 2.85. The van der Waals surface area contributed by atoms with Crippen LogP contribution >= 0.6 is 0 Å². The van der Waals surface area contributed by atoms with Gasteiger partial charge in [0, 0.05) is 17.9 Å². The molecule has 0 aromatic heterocycles. The molecule has 2 aromatic carbocycles. The Bertz CT molecular complexity index is 791. The molecule has 1 atom stereocenters. The second kappa shape index (κ2) is 11.2. The lowest BCUT2D eigenvalue weighted by Gasteiger charge is -2.30.